The first kappa shape index (κ1) is 9.89. The van der Waals surface area contributed by atoms with Crippen LogP contribution in [0.4, 0.5) is 0 Å². The number of nitrogens with zero attached hydrogens (tertiary/aromatic N) is 1. The molecule has 0 radical (unpaired) electrons. The molecule has 0 aliphatic carbocycles. The van der Waals surface area contributed by atoms with Gasteiger partial charge in [0.1, 0.15) is 5.69 Å². The highest BCUT2D eigenvalue weighted by atomic mass is 35.5. The Morgan fingerprint density at radius 2 is 2.57 bits per heavy atom. The molecule has 1 N–H and O–H groups in total. The molecular formula is C8H9ClN2O2S. The quantitative estimate of drug-likeness (QED) is 0.771. The van der Waals surface area contributed by atoms with Gasteiger partial charge in [-0.1, -0.05) is 0 Å². The van der Waals surface area contributed by atoms with Crippen molar-refractivity contribution in [1.82, 2.24) is 10.3 Å². The molecule has 2 atom stereocenters. The zero-order chi connectivity index (χ0) is 9.97. The topological polar surface area (TPSA) is 51.2 Å². The van der Waals surface area contributed by atoms with Crippen LogP contribution < -0.4 is 5.32 Å². The van der Waals surface area contributed by atoms with E-state index in [1.807, 2.05) is 0 Å². The monoisotopic (exact) mass is 232 g/mol. The van der Waals surface area contributed by atoms with Crippen LogP contribution in [0.5, 0.6) is 0 Å². The van der Waals surface area contributed by atoms with E-state index >= 15 is 0 Å². The number of amides is 1. The van der Waals surface area contributed by atoms with Crippen LogP contribution in [0.3, 0.4) is 0 Å². The van der Waals surface area contributed by atoms with Gasteiger partial charge in [0.15, 0.2) is 0 Å². The Hall–Kier alpha value is -0.650. The lowest BCUT2D eigenvalue weighted by atomic mass is 10.2. The van der Waals surface area contributed by atoms with Gasteiger partial charge >= 0.3 is 0 Å². The summed E-state index contributed by atoms with van der Waals surface area (Å²) in [6.07, 6.45) is 0. The second-order valence-corrected chi connectivity index (χ2v) is 4.29. The Bertz CT molecular complexity index is 317. The zero-order valence-corrected chi connectivity index (χ0v) is 8.85. The van der Waals surface area contributed by atoms with E-state index in [-0.39, 0.29) is 17.3 Å². The van der Waals surface area contributed by atoms with E-state index in [0.717, 1.165) is 0 Å². The maximum atomic E-state index is 11.5. The lowest BCUT2D eigenvalue weighted by Gasteiger charge is -2.12. The van der Waals surface area contributed by atoms with Crippen LogP contribution in [-0.4, -0.2) is 35.5 Å². The summed E-state index contributed by atoms with van der Waals surface area (Å²) in [5, 5.41) is 4.34. The average molecular weight is 233 g/mol. The number of hydrogen-bond acceptors (Lipinski definition) is 4. The number of aromatic nitrogens is 1. The summed E-state index contributed by atoms with van der Waals surface area (Å²) in [5.74, 6) is -0.188. The van der Waals surface area contributed by atoms with E-state index in [0.29, 0.717) is 18.9 Å². The summed E-state index contributed by atoms with van der Waals surface area (Å²) in [6.45, 7) is 0.966. The van der Waals surface area contributed by atoms with Gasteiger partial charge in [-0.05, 0) is 0 Å². The van der Waals surface area contributed by atoms with Crippen molar-refractivity contribution in [3.63, 3.8) is 0 Å². The lowest BCUT2D eigenvalue weighted by Crippen LogP contribution is -2.40. The van der Waals surface area contributed by atoms with Crippen molar-refractivity contribution in [2.75, 3.05) is 13.2 Å². The fourth-order valence-corrected chi connectivity index (χ4v) is 1.98. The third-order valence-electron chi connectivity index (χ3n) is 1.99. The third-order valence-corrected chi connectivity index (χ3v) is 3.01. The van der Waals surface area contributed by atoms with Gasteiger partial charge in [0, 0.05) is 5.38 Å². The first-order valence-electron chi connectivity index (χ1n) is 4.18. The van der Waals surface area contributed by atoms with Crippen LogP contribution in [-0.2, 0) is 4.74 Å². The Morgan fingerprint density at radius 3 is 3.14 bits per heavy atom. The molecule has 4 nitrogen and oxygen atoms in total. The van der Waals surface area contributed by atoms with Crippen LogP contribution in [0.1, 0.15) is 10.5 Å². The minimum atomic E-state index is -0.188. The van der Waals surface area contributed by atoms with Gasteiger partial charge in [-0.3, -0.25) is 4.79 Å². The molecule has 0 bridgehead atoms. The van der Waals surface area contributed by atoms with Crippen molar-refractivity contribution in [3.8, 4) is 0 Å². The molecule has 1 amide bonds. The van der Waals surface area contributed by atoms with Crippen LogP contribution >= 0.6 is 22.9 Å². The number of nitrogens with one attached hydrogen (secondary N) is 1. The molecule has 2 unspecified atom stereocenters. The first-order valence-corrected chi connectivity index (χ1v) is 5.56. The number of hydrogen-bond donors (Lipinski definition) is 1. The van der Waals surface area contributed by atoms with Crippen LogP contribution in [0.25, 0.3) is 0 Å². The van der Waals surface area contributed by atoms with Gasteiger partial charge in [0.25, 0.3) is 5.91 Å². The molecule has 1 aliphatic rings. The molecule has 2 heterocycles. The van der Waals surface area contributed by atoms with Crippen molar-refractivity contribution >= 4 is 28.8 Å². The van der Waals surface area contributed by atoms with E-state index in [1.165, 1.54) is 11.3 Å². The molecule has 14 heavy (non-hydrogen) atoms. The highest BCUT2D eigenvalue weighted by Crippen LogP contribution is 2.12. The van der Waals surface area contributed by atoms with Gasteiger partial charge in [-0.25, -0.2) is 4.98 Å². The summed E-state index contributed by atoms with van der Waals surface area (Å²) in [4.78, 5) is 15.4. The Kier molecular flexibility index (Phi) is 3.00. The normalized spacial score (nSPS) is 26.4. The fourth-order valence-electron chi connectivity index (χ4n) is 1.23. The fraction of sp³-hybridized carbons (Fsp3) is 0.500. The molecule has 0 spiro atoms. The molecule has 0 saturated carbocycles. The van der Waals surface area contributed by atoms with Crippen molar-refractivity contribution in [2.24, 2.45) is 0 Å². The smallest absolute Gasteiger partial charge is 0.271 e. The minimum Gasteiger partial charge on any atom is -0.378 e. The van der Waals surface area contributed by atoms with Gasteiger partial charge in [0.2, 0.25) is 0 Å². The summed E-state index contributed by atoms with van der Waals surface area (Å²) in [7, 11) is 0. The predicted octanol–water partition coefficient (Wildman–Crippen LogP) is 0.879. The second-order valence-electron chi connectivity index (χ2n) is 3.01. The number of rotatable bonds is 2. The van der Waals surface area contributed by atoms with Crippen molar-refractivity contribution in [1.29, 1.82) is 0 Å². The third kappa shape index (κ3) is 2.05. The maximum Gasteiger partial charge on any atom is 0.271 e. The molecule has 6 heteroatoms. The number of halogens is 1. The van der Waals surface area contributed by atoms with Crippen molar-refractivity contribution < 1.29 is 9.53 Å². The zero-order valence-electron chi connectivity index (χ0n) is 7.27. The number of carbonyl (C=O) groups excluding carboxylic acids is 1. The van der Waals surface area contributed by atoms with Crippen LogP contribution in [0.15, 0.2) is 10.9 Å². The van der Waals surface area contributed by atoms with E-state index in [9.17, 15) is 4.79 Å². The molecule has 1 aliphatic heterocycles. The molecular weight excluding hydrogens is 224 g/mol. The average Bonchev–Trinajstić information content (AvgIpc) is 2.77. The van der Waals surface area contributed by atoms with Crippen molar-refractivity contribution in [2.45, 2.75) is 11.4 Å². The number of alkyl halides is 1. The standard InChI is InChI=1S/C8H9ClN2O2S/c9-5-1-13-2-6(5)11-8(12)7-3-14-4-10-7/h3-6H,1-2H2,(H,11,12). The van der Waals surface area contributed by atoms with Gasteiger partial charge in [-0.2, -0.15) is 0 Å². The highest BCUT2D eigenvalue weighted by Gasteiger charge is 2.28. The molecule has 1 aromatic rings. The van der Waals surface area contributed by atoms with E-state index < -0.39 is 0 Å². The maximum absolute atomic E-state index is 11.5. The summed E-state index contributed by atoms with van der Waals surface area (Å²) in [6, 6.07) is -0.106. The minimum absolute atomic E-state index is 0.106. The lowest BCUT2D eigenvalue weighted by molar-refractivity contribution is 0.0926. The van der Waals surface area contributed by atoms with Crippen LogP contribution in [0, 0.1) is 0 Å². The largest absolute Gasteiger partial charge is 0.378 e. The molecule has 1 fully saturated rings. The van der Waals surface area contributed by atoms with E-state index in [4.69, 9.17) is 16.3 Å². The number of carbonyl (C=O) groups is 1. The van der Waals surface area contributed by atoms with E-state index in [1.54, 1.807) is 10.9 Å². The van der Waals surface area contributed by atoms with Crippen LogP contribution in [0.2, 0.25) is 0 Å². The predicted molar refractivity (Wildman–Crippen MR) is 53.8 cm³/mol. The van der Waals surface area contributed by atoms with Gasteiger partial charge < -0.3 is 10.1 Å². The number of thiazole rings is 1. The van der Waals surface area contributed by atoms with Crippen molar-refractivity contribution in [3.05, 3.63) is 16.6 Å². The van der Waals surface area contributed by atoms with Gasteiger partial charge in [0.05, 0.1) is 30.1 Å². The summed E-state index contributed by atoms with van der Waals surface area (Å²) >= 11 is 7.32. The Labute approximate surface area is 90.2 Å². The Balaban J connectivity index is 1.95. The molecule has 0 aromatic carbocycles. The Morgan fingerprint density at radius 1 is 1.71 bits per heavy atom. The number of ether oxygens (including phenoxy) is 1. The molecule has 2 rings (SSSR count). The SMILES string of the molecule is O=C(NC1COCC1Cl)c1cscn1. The summed E-state index contributed by atoms with van der Waals surface area (Å²) < 4.78 is 5.12. The van der Waals surface area contributed by atoms with E-state index in [2.05, 4.69) is 10.3 Å². The van der Waals surface area contributed by atoms with Gasteiger partial charge in [-0.15, -0.1) is 22.9 Å². The first-order chi connectivity index (χ1) is 6.77. The molecule has 76 valence electrons. The summed E-state index contributed by atoms with van der Waals surface area (Å²) in [5.41, 5.74) is 2.06. The molecule has 1 aromatic heterocycles. The highest BCUT2D eigenvalue weighted by molar-refractivity contribution is 7.07. The second kappa shape index (κ2) is 4.25. The molecule has 1 saturated heterocycles.